The van der Waals surface area contributed by atoms with Gasteiger partial charge in [-0.1, -0.05) is 20.4 Å². The molecule has 0 spiro atoms. The molecule has 1 saturated heterocycles. The highest BCUT2D eigenvalue weighted by atomic mass is 16.4. The molecule has 2 aliphatic rings. The van der Waals surface area contributed by atoms with E-state index in [0.717, 1.165) is 6.08 Å². The molecule has 0 bridgehead atoms. The van der Waals surface area contributed by atoms with Gasteiger partial charge in [-0.15, -0.1) is 0 Å². The number of carbonyl (C=O) groups excluding carboxylic acids is 2. The average Bonchev–Trinajstić information content (AvgIpc) is 3.62. The second-order valence-electron chi connectivity index (χ2n) is 9.28. The van der Waals surface area contributed by atoms with E-state index in [1.807, 2.05) is 13.8 Å². The van der Waals surface area contributed by atoms with Crippen LogP contribution < -0.4 is 4.90 Å². The smallest absolute Gasteiger partial charge is 0.338 e. The van der Waals surface area contributed by atoms with Crippen LogP contribution in [0.15, 0.2) is 12.7 Å². The van der Waals surface area contributed by atoms with Crippen LogP contribution in [0.3, 0.4) is 0 Å². The quantitative estimate of drug-likeness (QED) is 0.369. The zero-order valence-electron chi connectivity index (χ0n) is 19.8. The number of aromatic carboxylic acids is 2. The van der Waals surface area contributed by atoms with Crippen LogP contribution in [0.4, 0.5) is 5.69 Å². The van der Waals surface area contributed by atoms with E-state index in [-0.39, 0.29) is 83.4 Å². The number of amides is 1. The Kier molecular flexibility index (Phi) is 7.45. The van der Waals surface area contributed by atoms with Gasteiger partial charge >= 0.3 is 11.9 Å². The van der Waals surface area contributed by atoms with Crippen LogP contribution in [-0.4, -0.2) is 76.1 Å². The van der Waals surface area contributed by atoms with E-state index in [1.165, 1.54) is 0 Å². The number of hydrogen-bond acceptors (Lipinski definition) is 6. The van der Waals surface area contributed by atoms with Crippen molar-refractivity contribution in [2.45, 2.75) is 52.0 Å². The lowest BCUT2D eigenvalue weighted by Crippen LogP contribution is -2.57. The summed E-state index contributed by atoms with van der Waals surface area (Å²) in [5.41, 5.74) is 0.486. The van der Waals surface area contributed by atoms with Crippen LogP contribution in [-0.2, 0) is 4.79 Å². The molecule has 184 valence electrons. The third-order valence-corrected chi connectivity index (χ3v) is 6.76. The predicted octanol–water partition coefficient (Wildman–Crippen LogP) is 2.69. The number of nitrogens with zero attached hydrogens (tertiary/aromatic N) is 2. The van der Waals surface area contributed by atoms with E-state index in [2.05, 4.69) is 6.58 Å². The average molecular weight is 473 g/mol. The van der Waals surface area contributed by atoms with Crippen molar-refractivity contribution in [2.24, 2.45) is 5.92 Å². The monoisotopic (exact) mass is 472 g/mol. The van der Waals surface area contributed by atoms with Crippen LogP contribution in [0.25, 0.3) is 0 Å². The Labute approximate surface area is 198 Å². The molecule has 1 aromatic carbocycles. The van der Waals surface area contributed by atoms with E-state index in [0.29, 0.717) is 19.4 Å². The molecular weight excluding hydrogens is 440 g/mol. The van der Waals surface area contributed by atoms with Crippen molar-refractivity contribution < 1.29 is 34.5 Å². The van der Waals surface area contributed by atoms with Crippen molar-refractivity contribution in [3.05, 3.63) is 40.5 Å². The molecule has 2 fully saturated rings. The third kappa shape index (κ3) is 4.57. The number of carboxylic acids is 2. The summed E-state index contributed by atoms with van der Waals surface area (Å²) in [6, 6.07) is -0.273. The number of aliphatic hydroxyl groups excluding tert-OH is 1. The number of ketones is 1. The van der Waals surface area contributed by atoms with Crippen molar-refractivity contribution in [3.63, 3.8) is 0 Å². The number of carboxylic acid groups (broad SMARTS) is 2. The Morgan fingerprint density at radius 2 is 1.68 bits per heavy atom. The van der Waals surface area contributed by atoms with Gasteiger partial charge in [-0.25, -0.2) is 9.59 Å². The van der Waals surface area contributed by atoms with Gasteiger partial charge in [0, 0.05) is 31.6 Å². The highest BCUT2D eigenvalue weighted by molar-refractivity contribution is 6.16. The zero-order chi connectivity index (χ0) is 25.3. The molecule has 1 amide bonds. The molecule has 0 aromatic heterocycles. The SMILES string of the molecule is C=CC(=O)c1c(C)c(C(=O)O)c(C2CC2)c(C(=O)O)c1N1CCN(C(=O)CCO)C(C(C)C)C1. The van der Waals surface area contributed by atoms with E-state index >= 15 is 0 Å². The molecule has 1 aromatic rings. The van der Waals surface area contributed by atoms with Crippen molar-refractivity contribution in [1.29, 1.82) is 0 Å². The first-order valence-electron chi connectivity index (χ1n) is 11.5. The van der Waals surface area contributed by atoms with Gasteiger partial charge in [0.25, 0.3) is 0 Å². The van der Waals surface area contributed by atoms with Crippen LogP contribution in [0, 0.1) is 12.8 Å². The normalized spacial score (nSPS) is 18.2. The van der Waals surface area contributed by atoms with Crippen LogP contribution in [0.5, 0.6) is 0 Å². The lowest BCUT2D eigenvalue weighted by atomic mass is 9.85. The molecule has 1 heterocycles. The summed E-state index contributed by atoms with van der Waals surface area (Å²) < 4.78 is 0. The van der Waals surface area contributed by atoms with Gasteiger partial charge in [-0.3, -0.25) is 9.59 Å². The fraction of sp³-hybridized carbons (Fsp3) is 0.520. The van der Waals surface area contributed by atoms with Crippen LogP contribution >= 0.6 is 0 Å². The fourth-order valence-electron chi connectivity index (χ4n) is 5.01. The maximum atomic E-state index is 13.0. The summed E-state index contributed by atoms with van der Waals surface area (Å²) >= 11 is 0. The van der Waals surface area contributed by atoms with Gasteiger partial charge in [-0.2, -0.15) is 0 Å². The topological polar surface area (TPSA) is 135 Å². The lowest BCUT2D eigenvalue weighted by Gasteiger charge is -2.45. The first-order chi connectivity index (χ1) is 16.0. The van der Waals surface area contributed by atoms with Gasteiger partial charge in [0.15, 0.2) is 5.78 Å². The number of aliphatic hydroxyl groups is 1. The minimum absolute atomic E-state index is 0.00202. The first kappa shape index (κ1) is 25.4. The summed E-state index contributed by atoms with van der Waals surface area (Å²) in [4.78, 5) is 53.9. The number of hydrogen-bond donors (Lipinski definition) is 3. The van der Waals surface area contributed by atoms with E-state index in [1.54, 1.807) is 16.7 Å². The number of benzene rings is 1. The van der Waals surface area contributed by atoms with Gasteiger partial charge in [0.1, 0.15) is 0 Å². The Morgan fingerprint density at radius 3 is 2.15 bits per heavy atom. The van der Waals surface area contributed by atoms with Crippen LogP contribution in [0.2, 0.25) is 0 Å². The maximum Gasteiger partial charge on any atom is 0.338 e. The molecule has 1 atom stereocenters. The third-order valence-electron chi connectivity index (χ3n) is 6.76. The molecule has 1 aliphatic carbocycles. The van der Waals surface area contributed by atoms with Gasteiger partial charge in [-0.05, 0) is 48.8 Å². The lowest BCUT2D eigenvalue weighted by molar-refractivity contribution is -0.135. The molecule has 3 rings (SSSR count). The second kappa shape index (κ2) is 9.97. The molecular formula is C25H32N2O7. The van der Waals surface area contributed by atoms with E-state index in [4.69, 9.17) is 0 Å². The minimum atomic E-state index is -1.28. The predicted molar refractivity (Wildman–Crippen MR) is 126 cm³/mol. The Bertz CT molecular complexity index is 1040. The molecule has 1 saturated carbocycles. The molecule has 3 N–H and O–H groups in total. The molecule has 1 unspecified atom stereocenters. The number of rotatable bonds is 9. The molecule has 1 aliphatic heterocycles. The van der Waals surface area contributed by atoms with Gasteiger partial charge < -0.3 is 25.1 Å². The number of anilines is 1. The Hall–Kier alpha value is -3.20. The van der Waals surface area contributed by atoms with E-state index in [9.17, 15) is 34.5 Å². The van der Waals surface area contributed by atoms with Crippen molar-refractivity contribution >= 4 is 29.3 Å². The van der Waals surface area contributed by atoms with Crippen molar-refractivity contribution in [1.82, 2.24) is 4.90 Å². The molecule has 9 nitrogen and oxygen atoms in total. The fourth-order valence-corrected chi connectivity index (χ4v) is 5.01. The Balaban J connectivity index is 2.25. The van der Waals surface area contributed by atoms with E-state index < -0.39 is 17.7 Å². The molecule has 34 heavy (non-hydrogen) atoms. The second-order valence-corrected chi connectivity index (χ2v) is 9.28. The van der Waals surface area contributed by atoms with Crippen LogP contribution in [0.1, 0.15) is 81.2 Å². The minimum Gasteiger partial charge on any atom is -0.478 e. The van der Waals surface area contributed by atoms with Crippen molar-refractivity contribution in [3.8, 4) is 0 Å². The summed E-state index contributed by atoms with van der Waals surface area (Å²) in [5, 5.41) is 29.4. The van der Waals surface area contributed by atoms with Gasteiger partial charge in [0.05, 0.1) is 29.5 Å². The van der Waals surface area contributed by atoms with Crippen molar-refractivity contribution in [2.75, 3.05) is 31.1 Å². The summed E-state index contributed by atoms with van der Waals surface area (Å²) in [6.07, 6.45) is 2.45. The number of allylic oxidation sites excluding steroid dienone is 1. The number of carbonyl (C=O) groups is 4. The first-order valence-corrected chi connectivity index (χ1v) is 11.5. The Morgan fingerprint density at radius 1 is 1.06 bits per heavy atom. The maximum absolute atomic E-state index is 13.0. The highest BCUT2D eigenvalue weighted by Crippen LogP contribution is 2.48. The summed E-state index contributed by atoms with van der Waals surface area (Å²) in [6.45, 7) is 9.58. The molecule has 9 heteroatoms. The standard InChI is InChI=1S/C25H32N2O7/c1-5-17(29)19-14(4)20(24(31)32)21(15-6-7-15)22(25(33)34)23(19)26-9-10-27(18(30)8-11-28)16(12-26)13(2)3/h5,13,15-16,28H,1,6-12H2,2-4H3,(H,31,32)(H,33,34). The summed E-state index contributed by atoms with van der Waals surface area (Å²) in [7, 11) is 0. The summed E-state index contributed by atoms with van der Waals surface area (Å²) in [5.74, 6) is -3.42. The zero-order valence-corrected chi connectivity index (χ0v) is 19.8. The number of piperazine rings is 1. The highest BCUT2D eigenvalue weighted by Gasteiger charge is 2.41. The largest absolute Gasteiger partial charge is 0.478 e. The van der Waals surface area contributed by atoms with Gasteiger partial charge in [0.2, 0.25) is 5.91 Å². The molecule has 0 radical (unpaired) electrons.